The molecular formula is C14H20FNO2. The predicted molar refractivity (Wildman–Crippen MR) is 68.8 cm³/mol. The summed E-state index contributed by atoms with van der Waals surface area (Å²) in [5, 5.41) is 0. The topological polar surface area (TPSA) is 29.5 Å². The van der Waals surface area contributed by atoms with Crippen molar-refractivity contribution in [2.45, 2.75) is 33.4 Å². The van der Waals surface area contributed by atoms with Gasteiger partial charge in [0.2, 0.25) is 0 Å². The summed E-state index contributed by atoms with van der Waals surface area (Å²) in [6.45, 7) is 7.67. The van der Waals surface area contributed by atoms with Gasteiger partial charge in [-0.2, -0.15) is 0 Å². The summed E-state index contributed by atoms with van der Waals surface area (Å²) in [5.41, 5.74) is 0.377. The Morgan fingerprint density at radius 1 is 1.22 bits per heavy atom. The van der Waals surface area contributed by atoms with E-state index in [2.05, 4.69) is 4.90 Å². The molecule has 0 aliphatic heterocycles. The van der Waals surface area contributed by atoms with E-state index < -0.39 is 5.97 Å². The normalized spacial score (nSPS) is 12.5. The number of carbonyl (C=O) groups excluding carboxylic acids is 1. The van der Waals surface area contributed by atoms with Crippen LogP contribution < -0.4 is 0 Å². The Labute approximate surface area is 108 Å². The van der Waals surface area contributed by atoms with E-state index in [0.29, 0.717) is 5.56 Å². The standard InChI is InChI=1S/C14H20FNO2/c1-4-13(16(5-2)6-3)18-14(17)11-7-9-12(15)10-8-11/h7-10,13H,4-6H2,1-3H3. The number of esters is 1. The zero-order chi connectivity index (χ0) is 13.5. The summed E-state index contributed by atoms with van der Waals surface area (Å²) in [7, 11) is 0. The van der Waals surface area contributed by atoms with Crippen LogP contribution in [0.3, 0.4) is 0 Å². The number of nitrogens with zero attached hydrogens (tertiary/aromatic N) is 1. The summed E-state index contributed by atoms with van der Waals surface area (Å²) in [5.74, 6) is -0.768. The van der Waals surface area contributed by atoms with E-state index in [1.54, 1.807) is 0 Å². The van der Waals surface area contributed by atoms with E-state index in [1.165, 1.54) is 24.3 Å². The quantitative estimate of drug-likeness (QED) is 0.576. The second-order valence-electron chi connectivity index (χ2n) is 4.00. The Hall–Kier alpha value is -1.42. The van der Waals surface area contributed by atoms with Crippen molar-refractivity contribution in [3.05, 3.63) is 35.6 Å². The molecule has 0 aromatic heterocycles. The van der Waals surface area contributed by atoms with Crippen molar-refractivity contribution in [1.29, 1.82) is 0 Å². The van der Waals surface area contributed by atoms with Gasteiger partial charge in [0.25, 0.3) is 0 Å². The zero-order valence-electron chi connectivity index (χ0n) is 11.1. The molecule has 100 valence electrons. The van der Waals surface area contributed by atoms with Crippen LogP contribution in [-0.2, 0) is 4.74 Å². The summed E-state index contributed by atoms with van der Waals surface area (Å²) < 4.78 is 18.2. The van der Waals surface area contributed by atoms with Crippen molar-refractivity contribution in [1.82, 2.24) is 4.90 Å². The fourth-order valence-electron chi connectivity index (χ4n) is 1.82. The molecule has 0 aliphatic carbocycles. The predicted octanol–water partition coefficient (Wildman–Crippen LogP) is 3.06. The van der Waals surface area contributed by atoms with E-state index >= 15 is 0 Å². The number of hydrogen-bond donors (Lipinski definition) is 0. The van der Waals surface area contributed by atoms with Gasteiger partial charge in [0.1, 0.15) is 5.82 Å². The van der Waals surface area contributed by atoms with Gasteiger partial charge < -0.3 is 4.74 Å². The average Bonchev–Trinajstić information content (AvgIpc) is 2.39. The third-order valence-electron chi connectivity index (χ3n) is 2.89. The van der Waals surface area contributed by atoms with Gasteiger partial charge in [-0.1, -0.05) is 20.8 Å². The van der Waals surface area contributed by atoms with Crippen LogP contribution in [0.1, 0.15) is 37.6 Å². The van der Waals surface area contributed by atoms with Gasteiger partial charge in [-0.15, -0.1) is 0 Å². The fraction of sp³-hybridized carbons (Fsp3) is 0.500. The highest BCUT2D eigenvalue weighted by molar-refractivity contribution is 5.89. The third-order valence-corrected chi connectivity index (χ3v) is 2.89. The minimum absolute atomic E-state index is 0.224. The molecule has 0 radical (unpaired) electrons. The summed E-state index contributed by atoms with van der Waals surface area (Å²) in [4.78, 5) is 14.0. The first-order valence-corrected chi connectivity index (χ1v) is 6.32. The Kier molecular flexibility index (Phi) is 5.78. The lowest BCUT2D eigenvalue weighted by atomic mass is 10.2. The second kappa shape index (κ2) is 7.11. The molecule has 1 atom stereocenters. The average molecular weight is 253 g/mol. The Morgan fingerprint density at radius 2 is 1.78 bits per heavy atom. The van der Waals surface area contributed by atoms with Gasteiger partial charge in [0.15, 0.2) is 6.23 Å². The number of benzene rings is 1. The molecule has 0 fully saturated rings. The highest BCUT2D eigenvalue weighted by Crippen LogP contribution is 2.11. The van der Waals surface area contributed by atoms with Crippen molar-refractivity contribution in [3.63, 3.8) is 0 Å². The van der Waals surface area contributed by atoms with Crippen molar-refractivity contribution in [2.75, 3.05) is 13.1 Å². The van der Waals surface area contributed by atoms with Crippen LogP contribution in [-0.4, -0.2) is 30.2 Å². The lowest BCUT2D eigenvalue weighted by Crippen LogP contribution is -2.38. The molecule has 18 heavy (non-hydrogen) atoms. The maximum Gasteiger partial charge on any atom is 0.339 e. The zero-order valence-corrected chi connectivity index (χ0v) is 11.1. The first-order chi connectivity index (χ1) is 8.62. The first-order valence-electron chi connectivity index (χ1n) is 6.32. The molecule has 4 heteroatoms. The van der Waals surface area contributed by atoms with E-state index in [0.717, 1.165) is 19.5 Å². The maximum absolute atomic E-state index is 12.8. The monoisotopic (exact) mass is 253 g/mol. The Balaban J connectivity index is 2.70. The molecule has 0 bridgehead atoms. The number of halogens is 1. The van der Waals surface area contributed by atoms with Crippen molar-refractivity contribution in [2.24, 2.45) is 0 Å². The van der Waals surface area contributed by atoms with E-state index in [-0.39, 0.29) is 12.0 Å². The number of carbonyl (C=O) groups is 1. The molecule has 1 aromatic rings. The van der Waals surface area contributed by atoms with Crippen LogP contribution in [0.4, 0.5) is 4.39 Å². The van der Waals surface area contributed by atoms with Gasteiger partial charge in [-0.05, 0) is 43.8 Å². The fourth-order valence-corrected chi connectivity index (χ4v) is 1.82. The van der Waals surface area contributed by atoms with E-state index in [1.807, 2.05) is 20.8 Å². The highest BCUT2D eigenvalue weighted by atomic mass is 19.1. The Bertz CT molecular complexity index is 374. The molecule has 0 heterocycles. The molecule has 0 aliphatic rings. The minimum atomic E-state index is -0.409. The van der Waals surface area contributed by atoms with E-state index in [4.69, 9.17) is 4.74 Å². The van der Waals surface area contributed by atoms with Crippen molar-refractivity contribution >= 4 is 5.97 Å². The molecule has 1 unspecified atom stereocenters. The van der Waals surface area contributed by atoms with Crippen LogP contribution in [0.25, 0.3) is 0 Å². The smallest absolute Gasteiger partial charge is 0.339 e. The summed E-state index contributed by atoms with van der Waals surface area (Å²) >= 11 is 0. The van der Waals surface area contributed by atoms with Crippen molar-refractivity contribution < 1.29 is 13.9 Å². The third kappa shape index (κ3) is 3.81. The molecule has 0 saturated carbocycles. The number of hydrogen-bond acceptors (Lipinski definition) is 3. The highest BCUT2D eigenvalue weighted by Gasteiger charge is 2.19. The summed E-state index contributed by atoms with van der Waals surface area (Å²) in [6, 6.07) is 5.39. The molecule has 1 aromatic carbocycles. The molecule has 0 spiro atoms. The molecule has 0 N–H and O–H groups in total. The van der Waals surface area contributed by atoms with Crippen LogP contribution >= 0.6 is 0 Å². The van der Waals surface area contributed by atoms with E-state index in [9.17, 15) is 9.18 Å². The van der Waals surface area contributed by atoms with Gasteiger partial charge in [0.05, 0.1) is 5.56 Å². The van der Waals surface area contributed by atoms with Gasteiger partial charge in [0, 0.05) is 0 Å². The van der Waals surface area contributed by atoms with Crippen LogP contribution in [0, 0.1) is 5.82 Å². The minimum Gasteiger partial charge on any atom is -0.443 e. The second-order valence-corrected chi connectivity index (χ2v) is 4.00. The molecule has 0 saturated heterocycles. The SMILES string of the molecule is CCC(OC(=O)c1ccc(F)cc1)N(CC)CC. The first kappa shape index (κ1) is 14.6. The molecule has 1 rings (SSSR count). The van der Waals surface area contributed by atoms with Crippen LogP contribution in [0.15, 0.2) is 24.3 Å². The van der Waals surface area contributed by atoms with Crippen molar-refractivity contribution in [3.8, 4) is 0 Å². The molecule has 0 amide bonds. The van der Waals surface area contributed by atoms with Gasteiger partial charge in [-0.3, -0.25) is 4.90 Å². The molecular weight excluding hydrogens is 233 g/mol. The van der Waals surface area contributed by atoms with Crippen LogP contribution in [0.2, 0.25) is 0 Å². The molecule has 3 nitrogen and oxygen atoms in total. The summed E-state index contributed by atoms with van der Waals surface area (Å²) in [6.07, 6.45) is 0.506. The Morgan fingerprint density at radius 3 is 2.22 bits per heavy atom. The van der Waals surface area contributed by atoms with Crippen LogP contribution in [0.5, 0.6) is 0 Å². The lowest BCUT2D eigenvalue weighted by molar-refractivity contribution is -0.0306. The largest absolute Gasteiger partial charge is 0.443 e. The van der Waals surface area contributed by atoms with Gasteiger partial charge >= 0.3 is 5.97 Å². The number of ether oxygens (including phenoxy) is 1. The number of rotatable bonds is 6. The maximum atomic E-state index is 12.8. The lowest BCUT2D eigenvalue weighted by Gasteiger charge is -2.28. The van der Waals surface area contributed by atoms with Gasteiger partial charge in [-0.25, -0.2) is 9.18 Å².